The molecule has 0 aliphatic carbocycles. The standard InChI is InChI=1S/C26H23ClN4O5/c1-2-35-26(34)20-14-19-22(28-21-10-3-4-11-30(21)25(19)33)31(15-18-9-6-12-36-18)23(20)29-24(32)16-7-5-8-17(27)13-16/h3-5,7-8,10-11,13-14,18H,2,6,9,12,15H2,1H3. The highest BCUT2D eigenvalue weighted by Crippen LogP contribution is 2.18. The number of ether oxygens (including phenoxy) is 2. The van der Waals surface area contributed by atoms with Crippen LogP contribution >= 0.6 is 11.6 Å². The Morgan fingerprint density at radius 3 is 2.83 bits per heavy atom. The fourth-order valence-electron chi connectivity index (χ4n) is 4.30. The van der Waals surface area contributed by atoms with Gasteiger partial charge in [-0.15, -0.1) is 0 Å². The van der Waals surface area contributed by atoms with Crippen LogP contribution in [0, 0.1) is 0 Å². The fraction of sp³-hybridized carbons (Fsp3) is 0.269. The Hall–Kier alpha value is -3.82. The van der Waals surface area contributed by atoms with E-state index in [1.54, 1.807) is 54.1 Å². The van der Waals surface area contributed by atoms with E-state index in [1.165, 1.54) is 16.5 Å². The van der Waals surface area contributed by atoms with Gasteiger partial charge in [-0.25, -0.2) is 9.78 Å². The summed E-state index contributed by atoms with van der Waals surface area (Å²) in [5, 5.41) is 0.586. The molecule has 0 spiro atoms. The van der Waals surface area contributed by atoms with Crippen LogP contribution in [0.1, 0.15) is 40.5 Å². The largest absolute Gasteiger partial charge is 0.462 e. The van der Waals surface area contributed by atoms with E-state index in [9.17, 15) is 14.4 Å². The lowest BCUT2D eigenvalue weighted by Gasteiger charge is -2.18. The number of pyridine rings is 2. The van der Waals surface area contributed by atoms with Crippen LogP contribution in [0.4, 0.5) is 0 Å². The van der Waals surface area contributed by atoms with Crippen molar-refractivity contribution in [1.82, 2.24) is 14.0 Å². The summed E-state index contributed by atoms with van der Waals surface area (Å²) in [6, 6.07) is 13.0. The zero-order valence-electron chi connectivity index (χ0n) is 19.5. The van der Waals surface area contributed by atoms with Gasteiger partial charge in [-0.1, -0.05) is 23.7 Å². The molecular weight excluding hydrogens is 484 g/mol. The summed E-state index contributed by atoms with van der Waals surface area (Å²) >= 11 is 6.07. The molecule has 1 atom stereocenters. The van der Waals surface area contributed by atoms with Crippen molar-refractivity contribution in [2.24, 2.45) is 4.99 Å². The summed E-state index contributed by atoms with van der Waals surface area (Å²) in [5.74, 6) is -1.29. The van der Waals surface area contributed by atoms with Crippen LogP contribution in [0.5, 0.6) is 0 Å². The Balaban J connectivity index is 1.86. The van der Waals surface area contributed by atoms with E-state index >= 15 is 0 Å². The van der Waals surface area contributed by atoms with Crippen molar-refractivity contribution in [2.75, 3.05) is 13.2 Å². The number of hydrogen-bond donors (Lipinski definition) is 0. The van der Waals surface area contributed by atoms with E-state index < -0.39 is 11.9 Å². The molecule has 1 aliphatic heterocycles. The van der Waals surface area contributed by atoms with Crippen molar-refractivity contribution in [1.29, 1.82) is 0 Å². The monoisotopic (exact) mass is 506 g/mol. The summed E-state index contributed by atoms with van der Waals surface area (Å²) in [4.78, 5) is 48.7. The molecule has 4 aromatic rings. The van der Waals surface area contributed by atoms with Crippen molar-refractivity contribution in [3.8, 4) is 0 Å². The minimum Gasteiger partial charge on any atom is -0.462 e. The van der Waals surface area contributed by atoms with Gasteiger partial charge in [0.25, 0.3) is 11.5 Å². The maximum atomic E-state index is 13.4. The summed E-state index contributed by atoms with van der Waals surface area (Å²) in [7, 11) is 0. The molecule has 0 N–H and O–H groups in total. The third-order valence-corrected chi connectivity index (χ3v) is 6.21. The molecule has 36 heavy (non-hydrogen) atoms. The third-order valence-electron chi connectivity index (χ3n) is 5.97. The van der Waals surface area contributed by atoms with Crippen molar-refractivity contribution >= 4 is 40.2 Å². The Morgan fingerprint density at radius 2 is 2.08 bits per heavy atom. The van der Waals surface area contributed by atoms with Crippen LogP contribution in [0.3, 0.4) is 0 Å². The highest BCUT2D eigenvalue weighted by Gasteiger charge is 2.24. The molecule has 1 aliphatic rings. The number of carbonyl (C=O) groups is 2. The average molecular weight is 507 g/mol. The Morgan fingerprint density at radius 1 is 1.22 bits per heavy atom. The number of nitrogens with zero attached hydrogens (tertiary/aromatic N) is 4. The lowest BCUT2D eigenvalue weighted by atomic mass is 10.1. The van der Waals surface area contributed by atoms with E-state index in [1.807, 2.05) is 0 Å². The van der Waals surface area contributed by atoms with E-state index in [2.05, 4.69) is 4.99 Å². The minimum absolute atomic E-state index is 0.00694. The number of carbonyl (C=O) groups excluding carboxylic acids is 2. The van der Waals surface area contributed by atoms with Crippen molar-refractivity contribution in [3.63, 3.8) is 0 Å². The first-order valence-electron chi connectivity index (χ1n) is 11.6. The topological polar surface area (TPSA) is 104 Å². The van der Waals surface area contributed by atoms with E-state index in [-0.39, 0.29) is 46.8 Å². The second-order valence-corrected chi connectivity index (χ2v) is 8.79. The van der Waals surface area contributed by atoms with Gasteiger partial charge in [-0.2, -0.15) is 4.99 Å². The fourth-order valence-corrected chi connectivity index (χ4v) is 4.49. The molecule has 0 bridgehead atoms. The predicted molar refractivity (Wildman–Crippen MR) is 133 cm³/mol. The Bertz CT molecular complexity index is 1620. The molecule has 1 saturated heterocycles. The van der Waals surface area contributed by atoms with Gasteiger partial charge >= 0.3 is 5.97 Å². The van der Waals surface area contributed by atoms with E-state index in [0.29, 0.717) is 22.9 Å². The molecule has 5 rings (SSSR count). The molecule has 4 heterocycles. The zero-order chi connectivity index (χ0) is 25.2. The lowest BCUT2D eigenvalue weighted by Crippen LogP contribution is -2.35. The van der Waals surface area contributed by atoms with E-state index in [4.69, 9.17) is 26.1 Å². The van der Waals surface area contributed by atoms with Gasteiger partial charge in [0.1, 0.15) is 16.9 Å². The van der Waals surface area contributed by atoms with Gasteiger partial charge < -0.3 is 14.0 Å². The van der Waals surface area contributed by atoms with Crippen molar-refractivity contribution in [3.05, 3.63) is 86.7 Å². The van der Waals surface area contributed by atoms with Crippen LogP contribution < -0.4 is 11.0 Å². The molecule has 184 valence electrons. The van der Waals surface area contributed by atoms with Gasteiger partial charge in [0.05, 0.1) is 24.6 Å². The van der Waals surface area contributed by atoms with Crippen LogP contribution in [0.2, 0.25) is 5.02 Å². The van der Waals surface area contributed by atoms with Gasteiger partial charge in [-0.3, -0.25) is 14.0 Å². The average Bonchev–Trinajstić information content (AvgIpc) is 3.39. The van der Waals surface area contributed by atoms with Gasteiger partial charge in [0.15, 0.2) is 5.49 Å². The van der Waals surface area contributed by atoms with Crippen LogP contribution in [0.25, 0.3) is 16.7 Å². The smallest absolute Gasteiger partial charge is 0.341 e. The second kappa shape index (κ2) is 10.0. The Kier molecular flexibility index (Phi) is 6.67. The minimum atomic E-state index is -0.698. The number of rotatable bonds is 5. The normalized spacial score (nSPS) is 16.1. The first-order valence-corrected chi connectivity index (χ1v) is 12.0. The van der Waals surface area contributed by atoms with Crippen molar-refractivity contribution < 1.29 is 19.1 Å². The van der Waals surface area contributed by atoms with Gasteiger partial charge in [0, 0.05) is 23.4 Å². The number of amides is 1. The molecule has 1 fully saturated rings. The first-order chi connectivity index (χ1) is 17.5. The number of fused-ring (bicyclic) bond motifs is 2. The third kappa shape index (κ3) is 4.55. The van der Waals surface area contributed by atoms with Gasteiger partial charge in [0.2, 0.25) is 0 Å². The van der Waals surface area contributed by atoms with E-state index in [0.717, 1.165) is 12.8 Å². The maximum absolute atomic E-state index is 13.4. The number of benzene rings is 1. The second-order valence-electron chi connectivity index (χ2n) is 8.36. The van der Waals surface area contributed by atoms with Crippen molar-refractivity contribution in [2.45, 2.75) is 32.4 Å². The van der Waals surface area contributed by atoms with Crippen LogP contribution in [-0.4, -0.2) is 45.1 Å². The molecule has 0 saturated carbocycles. The predicted octanol–water partition coefficient (Wildman–Crippen LogP) is 3.40. The lowest BCUT2D eigenvalue weighted by molar-refractivity contribution is 0.0521. The zero-order valence-corrected chi connectivity index (χ0v) is 20.3. The summed E-state index contributed by atoms with van der Waals surface area (Å²) in [5.41, 5.74) is 0.670. The Labute approximate surface area is 210 Å². The first kappa shape index (κ1) is 23.9. The molecule has 10 heteroatoms. The number of esters is 1. The summed E-state index contributed by atoms with van der Waals surface area (Å²) < 4.78 is 14.1. The molecule has 1 amide bonds. The number of hydrogen-bond acceptors (Lipinski definition) is 6. The number of halogens is 1. The summed E-state index contributed by atoms with van der Waals surface area (Å²) in [6.45, 7) is 2.64. The number of aromatic nitrogens is 3. The van der Waals surface area contributed by atoms with Crippen LogP contribution in [-0.2, 0) is 16.0 Å². The van der Waals surface area contributed by atoms with Crippen LogP contribution in [0.15, 0.2) is 64.5 Å². The van der Waals surface area contributed by atoms with Gasteiger partial charge in [-0.05, 0) is 56.2 Å². The molecule has 9 nitrogen and oxygen atoms in total. The molecular formula is C26H23ClN4O5. The molecule has 1 aromatic carbocycles. The maximum Gasteiger partial charge on any atom is 0.341 e. The SMILES string of the molecule is CCOC(=O)c1cc2c(=O)n3ccccc3nc2n(CC2CCCO2)c1=NC(=O)c1cccc(Cl)c1. The summed E-state index contributed by atoms with van der Waals surface area (Å²) in [6.07, 6.45) is 3.08. The molecule has 0 radical (unpaired) electrons. The quantitative estimate of drug-likeness (QED) is 0.303. The molecule has 1 unspecified atom stereocenters. The highest BCUT2D eigenvalue weighted by molar-refractivity contribution is 6.31. The highest BCUT2D eigenvalue weighted by atomic mass is 35.5. The molecule has 3 aromatic heterocycles.